The Morgan fingerprint density at radius 3 is 2.63 bits per heavy atom. The molecule has 0 spiro atoms. The van der Waals surface area contributed by atoms with Crippen molar-refractivity contribution in [3.63, 3.8) is 0 Å². The van der Waals surface area contributed by atoms with Crippen molar-refractivity contribution in [2.75, 3.05) is 5.31 Å². The number of benzene rings is 2. The summed E-state index contributed by atoms with van der Waals surface area (Å²) in [5.41, 5.74) is -0.503. The summed E-state index contributed by atoms with van der Waals surface area (Å²) in [6.07, 6.45) is -2.97. The number of anilines is 2. The molecular weight excluding hydrogens is 397 g/mol. The molecule has 30 heavy (non-hydrogen) atoms. The van der Waals surface area contributed by atoms with Crippen molar-refractivity contribution in [1.29, 1.82) is 0 Å². The Morgan fingerprint density at radius 1 is 1.10 bits per heavy atom. The van der Waals surface area contributed by atoms with E-state index in [2.05, 4.69) is 20.2 Å². The van der Waals surface area contributed by atoms with E-state index in [-0.39, 0.29) is 17.5 Å². The van der Waals surface area contributed by atoms with Crippen LogP contribution in [-0.2, 0) is 6.18 Å². The number of aromatic amines is 1. The van der Waals surface area contributed by atoms with Gasteiger partial charge >= 0.3 is 6.18 Å². The minimum atomic E-state index is -4.55. The molecule has 0 bridgehead atoms. The summed E-state index contributed by atoms with van der Waals surface area (Å²) in [6.45, 7) is 1.74. The van der Waals surface area contributed by atoms with Crippen LogP contribution in [0.25, 0.3) is 11.4 Å². The molecule has 0 amide bonds. The molecule has 2 N–H and O–H groups in total. The van der Waals surface area contributed by atoms with E-state index in [9.17, 15) is 13.2 Å². The number of H-pyrrole nitrogens is 1. The van der Waals surface area contributed by atoms with Gasteiger partial charge in [0.05, 0.1) is 5.56 Å². The summed E-state index contributed by atoms with van der Waals surface area (Å²) >= 11 is 0. The molecule has 152 valence electrons. The highest BCUT2D eigenvalue weighted by atomic mass is 19.4. The minimum absolute atomic E-state index is 0.101. The highest BCUT2D eigenvalue weighted by molar-refractivity contribution is 5.60. The SMILES string of the molecule is [2H]N(c1cccc(C(F)(F)F)c1)c1nnc(-c2ccc(Oc3ccnc(C)n3)cc2)n1[2H]. The number of hydrogen-bond donors (Lipinski definition) is 2. The van der Waals surface area contributed by atoms with Crippen LogP contribution in [0.5, 0.6) is 11.6 Å². The maximum Gasteiger partial charge on any atom is 0.416 e. The van der Waals surface area contributed by atoms with Crippen molar-refractivity contribution in [3.8, 4) is 23.0 Å². The predicted molar refractivity (Wildman–Crippen MR) is 103 cm³/mol. The summed E-state index contributed by atoms with van der Waals surface area (Å²) in [5, 5.41) is 8.32. The Balaban J connectivity index is 1.56. The molecular formula is C20H15F3N6O. The number of hydrogen-bond acceptors (Lipinski definition) is 6. The largest absolute Gasteiger partial charge is 0.439 e. The van der Waals surface area contributed by atoms with Crippen LogP contribution in [0.1, 0.15) is 11.4 Å². The second kappa shape index (κ2) is 7.82. The van der Waals surface area contributed by atoms with Crippen molar-refractivity contribution >= 4 is 11.6 Å². The number of halogens is 3. The lowest BCUT2D eigenvalue weighted by Gasteiger charge is -2.08. The molecule has 0 aliphatic rings. The van der Waals surface area contributed by atoms with E-state index in [4.69, 9.17) is 7.56 Å². The van der Waals surface area contributed by atoms with Crippen molar-refractivity contribution in [2.24, 2.45) is 0 Å². The van der Waals surface area contributed by atoms with Crippen LogP contribution < -0.4 is 10.0 Å². The normalized spacial score (nSPS) is 12.3. The molecule has 0 saturated heterocycles. The topological polar surface area (TPSA) is 88.6 Å². The highest BCUT2D eigenvalue weighted by Gasteiger charge is 2.30. The average Bonchev–Trinajstić information content (AvgIpc) is 3.14. The van der Waals surface area contributed by atoms with Crippen LogP contribution in [-0.4, -0.2) is 25.1 Å². The van der Waals surface area contributed by atoms with E-state index >= 15 is 0 Å². The first-order valence-corrected chi connectivity index (χ1v) is 8.71. The third-order valence-corrected chi connectivity index (χ3v) is 3.93. The number of rotatable bonds is 5. The lowest BCUT2D eigenvalue weighted by molar-refractivity contribution is -0.137. The Kier molecular flexibility index (Phi) is 4.42. The molecule has 0 aliphatic carbocycles. The first-order valence-electron chi connectivity index (χ1n) is 9.61. The van der Waals surface area contributed by atoms with E-state index < -0.39 is 11.7 Å². The lowest BCUT2D eigenvalue weighted by atomic mass is 10.2. The van der Waals surface area contributed by atoms with Crippen LogP contribution in [0.15, 0.2) is 60.8 Å². The van der Waals surface area contributed by atoms with Gasteiger partial charge in [0.1, 0.15) is 11.6 Å². The fourth-order valence-electron chi connectivity index (χ4n) is 2.55. The Labute approximate surface area is 171 Å². The smallest absolute Gasteiger partial charge is 0.416 e. The van der Waals surface area contributed by atoms with Gasteiger partial charge in [0.15, 0.2) is 8.65 Å². The molecule has 10 heteroatoms. The zero-order chi connectivity index (χ0) is 22.9. The third kappa shape index (κ3) is 4.54. The number of aryl methyl sites for hydroxylation is 1. The molecule has 4 aromatic rings. The first kappa shape index (κ1) is 17.0. The molecule has 2 heterocycles. The van der Waals surface area contributed by atoms with Crippen LogP contribution in [0.2, 0.25) is 2.82 Å². The van der Waals surface area contributed by atoms with E-state index in [0.29, 0.717) is 28.3 Å². The molecule has 0 atom stereocenters. The Bertz CT molecular complexity index is 1250. The number of aromatic nitrogens is 5. The van der Waals surface area contributed by atoms with Crippen LogP contribution in [0.3, 0.4) is 0 Å². The zero-order valence-corrected chi connectivity index (χ0v) is 15.5. The Hall–Kier alpha value is -3.95. The van der Waals surface area contributed by atoms with Gasteiger partial charge in [-0.05, 0) is 49.4 Å². The fraction of sp³-hybridized carbons (Fsp3) is 0.100. The molecule has 0 fully saturated rings. The van der Waals surface area contributed by atoms with E-state index in [0.717, 1.165) is 17.1 Å². The maximum atomic E-state index is 13.0. The number of ether oxygens (including phenoxy) is 1. The van der Waals surface area contributed by atoms with Gasteiger partial charge in [-0.25, -0.2) is 4.98 Å². The molecule has 7 nitrogen and oxygen atoms in total. The van der Waals surface area contributed by atoms with Gasteiger partial charge in [-0.15, -0.1) is 10.2 Å². The van der Waals surface area contributed by atoms with Gasteiger partial charge in [-0.2, -0.15) is 18.2 Å². The lowest BCUT2D eigenvalue weighted by Crippen LogP contribution is -2.05. The predicted octanol–water partition coefficient (Wildman–Crippen LogP) is 5.12. The van der Waals surface area contributed by atoms with Gasteiger partial charge < -0.3 is 15.0 Å². The van der Waals surface area contributed by atoms with E-state index in [1.54, 1.807) is 43.5 Å². The summed E-state index contributed by atoms with van der Waals surface area (Å²) in [5.74, 6) is 1.27. The number of alkyl halides is 3. The Morgan fingerprint density at radius 2 is 1.90 bits per heavy atom. The monoisotopic (exact) mass is 414 g/mol. The van der Waals surface area contributed by atoms with Crippen molar-refractivity contribution in [3.05, 3.63) is 72.2 Å². The fourth-order valence-corrected chi connectivity index (χ4v) is 2.55. The van der Waals surface area contributed by atoms with Gasteiger partial charge in [0.25, 0.3) is 0 Å². The molecule has 2 aromatic heterocycles. The van der Waals surface area contributed by atoms with Crippen molar-refractivity contribution < 1.29 is 20.7 Å². The van der Waals surface area contributed by atoms with Crippen LogP contribution in [0, 0.1) is 6.92 Å². The number of nitrogens with one attached hydrogen (secondary N) is 2. The van der Waals surface area contributed by atoms with Crippen LogP contribution >= 0.6 is 0 Å². The maximum absolute atomic E-state index is 13.0. The second-order valence-electron chi connectivity index (χ2n) is 6.16. The second-order valence-corrected chi connectivity index (χ2v) is 6.16. The quantitative estimate of drug-likeness (QED) is 0.471. The van der Waals surface area contributed by atoms with Gasteiger partial charge in [-0.3, -0.25) is 0 Å². The molecule has 0 radical (unpaired) electrons. The summed E-state index contributed by atoms with van der Waals surface area (Å²) < 4.78 is 60.9. The summed E-state index contributed by atoms with van der Waals surface area (Å²) in [4.78, 5) is 8.92. The highest BCUT2D eigenvalue weighted by Crippen LogP contribution is 2.31. The van der Waals surface area contributed by atoms with Crippen molar-refractivity contribution in [1.82, 2.24) is 25.1 Å². The first-order chi connectivity index (χ1) is 15.2. The summed E-state index contributed by atoms with van der Waals surface area (Å²) in [6, 6.07) is 12.4. The molecule has 0 saturated carbocycles. The molecule has 0 unspecified atom stereocenters. The van der Waals surface area contributed by atoms with Gasteiger partial charge in [-0.1, -0.05) is 6.07 Å². The van der Waals surface area contributed by atoms with E-state index in [1.807, 2.05) is 0 Å². The molecule has 4 rings (SSSR count). The average molecular weight is 414 g/mol. The molecule has 0 aliphatic heterocycles. The van der Waals surface area contributed by atoms with Crippen LogP contribution in [0.4, 0.5) is 24.8 Å². The number of nitrogens with zero attached hydrogens (tertiary/aromatic N) is 4. The van der Waals surface area contributed by atoms with Crippen molar-refractivity contribution in [2.45, 2.75) is 13.1 Å². The van der Waals surface area contributed by atoms with E-state index in [1.165, 1.54) is 12.1 Å². The standard InChI is InChI=1S/C20H15F3N6O/c1-12-24-10-9-17(25-12)30-16-7-5-13(6-8-16)18-27-19(29-28-18)26-15-4-2-3-14(11-15)20(21,22)23/h2-11H,1H3,(H2,26,27,28,29)/i/hD2. The minimum Gasteiger partial charge on any atom is -0.439 e. The van der Waals surface area contributed by atoms with Gasteiger partial charge in [0, 0.05) is 23.5 Å². The summed E-state index contributed by atoms with van der Waals surface area (Å²) in [7, 11) is 0. The third-order valence-electron chi connectivity index (χ3n) is 3.93. The molecule has 2 aromatic carbocycles. The zero-order valence-electron chi connectivity index (χ0n) is 17.5. The van der Waals surface area contributed by atoms with Gasteiger partial charge in [0.2, 0.25) is 11.8 Å².